The van der Waals surface area contributed by atoms with Crippen molar-refractivity contribution in [3.8, 4) is 0 Å². The van der Waals surface area contributed by atoms with Gasteiger partial charge < -0.3 is 9.84 Å². The van der Waals surface area contributed by atoms with Crippen molar-refractivity contribution < 1.29 is 9.84 Å². The van der Waals surface area contributed by atoms with Crippen LogP contribution in [-0.4, -0.2) is 23.4 Å². The summed E-state index contributed by atoms with van der Waals surface area (Å²) >= 11 is 0. The summed E-state index contributed by atoms with van der Waals surface area (Å²) in [6, 6.07) is 0. The zero-order valence-corrected chi connectivity index (χ0v) is 11.5. The maximum Gasteiger partial charge on any atom is 0.0940 e. The van der Waals surface area contributed by atoms with Gasteiger partial charge >= 0.3 is 0 Å². The molecule has 100 valence electrons. The first-order valence-electron chi connectivity index (χ1n) is 7.07. The molecule has 0 heterocycles. The summed E-state index contributed by atoms with van der Waals surface area (Å²) < 4.78 is 5.94. The molecule has 2 heteroatoms. The summed E-state index contributed by atoms with van der Waals surface area (Å²) in [4.78, 5) is 0. The number of hydrogen-bond acceptors (Lipinski definition) is 2. The molecular weight excluding hydrogens is 212 g/mol. The number of ether oxygens (including phenoxy) is 1. The summed E-state index contributed by atoms with van der Waals surface area (Å²) in [5, 5.41) is 10.4. The van der Waals surface area contributed by atoms with Gasteiger partial charge in [-0.15, -0.1) is 6.58 Å². The number of aliphatic hydroxyl groups is 1. The van der Waals surface area contributed by atoms with Crippen LogP contribution in [0.3, 0.4) is 0 Å². The fraction of sp³-hybridized carbons (Fsp3) is 0.867. The number of unbranched alkanes of at least 4 members (excludes halogenated alkanes) is 1. The van der Waals surface area contributed by atoms with Gasteiger partial charge in [-0.25, -0.2) is 0 Å². The third-order valence-corrected chi connectivity index (χ3v) is 4.05. The molecule has 0 aromatic carbocycles. The molecule has 1 N–H and O–H groups in total. The van der Waals surface area contributed by atoms with Gasteiger partial charge in [0.15, 0.2) is 0 Å². The van der Waals surface area contributed by atoms with Gasteiger partial charge in [0.05, 0.1) is 11.7 Å². The summed E-state index contributed by atoms with van der Waals surface area (Å²) in [5.41, 5.74) is -0.261. The molecule has 0 radical (unpaired) electrons. The predicted octanol–water partition coefficient (Wildman–Crippen LogP) is 3.69. The Morgan fingerprint density at radius 3 is 2.65 bits per heavy atom. The third kappa shape index (κ3) is 4.11. The van der Waals surface area contributed by atoms with E-state index in [4.69, 9.17) is 4.74 Å². The Balaban J connectivity index is 2.53. The number of allylic oxidation sites excluding steroid dienone is 1. The summed E-state index contributed by atoms with van der Waals surface area (Å²) in [7, 11) is 0. The average molecular weight is 240 g/mol. The maximum atomic E-state index is 10.4. The molecule has 1 atom stereocenters. The monoisotopic (exact) mass is 240 g/mol. The number of aliphatic hydroxyl groups excluding tert-OH is 1. The third-order valence-electron chi connectivity index (χ3n) is 4.05. The van der Waals surface area contributed by atoms with Gasteiger partial charge in [0.2, 0.25) is 0 Å². The largest absolute Gasteiger partial charge is 0.390 e. The summed E-state index contributed by atoms with van der Waals surface area (Å²) in [6.07, 6.45) is 8.81. The van der Waals surface area contributed by atoms with Crippen molar-refractivity contribution in [3.63, 3.8) is 0 Å². The molecule has 1 aliphatic carbocycles. The van der Waals surface area contributed by atoms with Gasteiger partial charge in [0.1, 0.15) is 0 Å². The Morgan fingerprint density at radius 1 is 1.47 bits per heavy atom. The van der Waals surface area contributed by atoms with Crippen LogP contribution in [0.15, 0.2) is 12.7 Å². The van der Waals surface area contributed by atoms with E-state index in [1.165, 1.54) is 12.8 Å². The minimum absolute atomic E-state index is 0.261. The van der Waals surface area contributed by atoms with Gasteiger partial charge in [-0.2, -0.15) is 0 Å². The van der Waals surface area contributed by atoms with Crippen LogP contribution in [0.25, 0.3) is 0 Å². The zero-order chi connectivity index (χ0) is 12.7. The Morgan fingerprint density at radius 2 is 2.12 bits per heavy atom. The molecule has 0 spiro atoms. The van der Waals surface area contributed by atoms with Crippen LogP contribution < -0.4 is 0 Å². The van der Waals surface area contributed by atoms with E-state index in [9.17, 15) is 5.11 Å². The maximum absolute atomic E-state index is 10.4. The highest BCUT2D eigenvalue weighted by Crippen LogP contribution is 2.38. The molecule has 0 amide bonds. The number of rotatable bonds is 7. The van der Waals surface area contributed by atoms with Crippen LogP contribution >= 0.6 is 0 Å². The second kappa shape index (κ2) is 7.17. The van der Waals surface area contributed by atoms with Crippen LogP contribution in [0, 0.1) is 5.92 Å². The van der Waals surface area contributed by atoms with E-state index in [-0.39, 0.29) is 11.7 Å². The highest BCUT2D eigenvalue weighted by molar-refractivity contribution is 4.92. The first-order valence-corrected chi connectivity index (χ1v) is 7.07. The summed E-state index contributed by atoms with van der Waals surface area (Å²) in [5.74, 6) is 0.781. The van der Waals surface area contributed by atoms with Crippen molar-refractivity contribution in [2.45, 2.75) is 70.5 Å². The smallest absolute Gasteiger partial charge is 0.0940 e. The molecule has 2 nitrogen and oxygen atoms in total. The van der Waals surface area contributed by atoms with E-state index >= 15 is 0 Å². The van der Waals surface area contributed by atoms with Crippen molar-refractivity contribution >= 4 is 0 Å². The lowest BCUT2D eigenvalue weighted by Gasteiger charge is -2.42. The van der Waals surface area contributed by atoms with Crippen LogP contribution in [0.4, 0.5) is 0 Å². The molecule has 1 rings (SSSR count). The van der Waals surface area contributed by atoms with Crippen molar-refractivity contribution in [3.05, 3.63) is 12.7 Å². The molecule has 1 unspecified atom stereocenters. The van der Waals surface area contributed by atoms with E-state index in [0.29, 0.717) is 6.61 Å². The normalized spacial score (nSPS) is 31.1. The molecule has 0 aromatic heterocycles. The van der Waals surface area contributed by atoms with E-state index in [1.807, 2.05) is 13.0 Å². The first-order chi connectivity index (χ1) is 8.14. The average Bonchev–Trinajstić information content (AvgIpc) is 2.33. The lowest BCUT2D eigenvalue weighted by molar-refractivity contribution is -0.146. The minimum atomic E-state index is -0.310. The minimum Gasteiger partial charge on any atom is -0.390 e. The lowest BCUT2D eigenvalue weighted by atomic mass is 9.75. The molecule has 0 aliphatic heterocycles. The van der Waals surface area contributed by atoms with Crippen molar-refractivity contribution in [2.24, 2.45) is 5.92 Å². The second-order valence-corrected chi connectivity index (χ2v) is 5.42. The predicted molar refractivity (Wildman–Crippen MR) is 72.0 cm³/mol. The Bertz CT molecular complexity index is 217. The SMILES string of the molecule is C=CCCCC(O)C1(OCC)CCC(C)CC1. The standard InChI is InChI=1S/C15H28O2/c1-4-6-7-8-14(16)15(17-5-2)11-9-13(3)10-12-15/h4,13-14,16H,1,5-12H2,2-3H3. The number of hydrogen-bond donors (Lipinski definition) is 1. The van der Waals surface area contributed by atoms with Crippen molar-refractivity contribution in [1.29, 1.82) is 0 Å². The Kier molecular flexibility index (Phi) is 6.21. The van der Waals surface area contributed by atoms with Crippen molar-refractivity contribution in [1.82, 2.24) is 0 Å². The quantitative estimate of drug-likeness (QED) is 0.543. The molecule has 1 aliphatic rings. The van der Waals surface area contributed by atoms with E-state index < -0.39 is 0 Å². The van der Waals surface area contributed by atoms with E-state index in [0.717, 1.165) is 38.0 Å². The molecule has 0 saturated heterocycles. The van der Waals surface area contributed by atoms with E-state index in [2.05, 4.69) is 13.5 Å². The highest BCUT2D eigenvalue weighted by atomic mass is 16.5. The molecule has 0 aromatic rings. The zero-order valence-electron chi connectivity index (χ0n) is 11.5. The van der Waals surface area contributed by atoms with Gasteiger partial charge in [-0.05, 0) is 57.8 Å². The summed E-state index contributed by atoms with van der Waals surface area (Å²) in [6.45, 7) is 8.74. The fourth-order valence-electron chi connectivity index (χ4n) is 2.83. The molecule has 1 fully saturated rings. The first kappa shape index (κ1) is 14.7. The highest BCUT2D eigenvalue weighted by Gasteiger charge is 2.40. The molecule has 17 heavy (non-hydrogen) atoms. The van der Waals surface area contributed by atoms with Gasteiger partial charge in [-0.3, -0.25) is 0 Å². The van der Waals surface area contributed by atoms with Crippen LogP contribution in [-0.2, 0) is 4.74 Å². The van der Waals surface area contributed by atoms with Crippen LogP contribution in [0.1, 0.15) is 58.8 Å². The lowest BCUT2D eigenvalue weighted by Crippen LogP contribution is -2.47. The molecular formula is C15H28O2. The van der Waals surface area contributed by atoms with Gasteiger partial charge in [0, 0.05) is 6.61 Å². The molecule has 1 saturated carbocycles. The topological polar surface area (TPSA) is 29.5 Å². The van der Waals surface area contributed by atoms with Crippen molar-refractivity contribution in [2.75, 3.05) is 6.61 Å². The van der Waals surface area contributed by atoms with Crippen LogP contribution in [0.5, 0.6) is 0 Å². The Hall–Kier alpha value is -0.340. The van der Waals surface area contributed by atoms with Gasteiger partial charge in [0.25, 0.3) is 0 Å². The van der Waals surface area contributed by atoms with Gasteiger partial charge in [-0.1, -0.05) is 13.0 Å². The Labute approximate surface area is 106 Å². The van der Waals surface area contributed by atoms with Crippen LogP contribution in [0.2, 0.25) is 0 Å². The fourth-order valence-corrected chi connectivity index (χ4v) is 2.83. The molecule has 0 bridgehead atoms. The van der Waals surface area contributed by atoms with E-state index in [1.54, 1.807) is 0 Å². The second-order valence-electron chi connectivity index (χ2n) is 5.42.